The summed E-state index contributed by atoms with van der Waals surface area (Å²) in [6.07, 6.45) is 62.7. The third kappa shape index (κ3) is 47.6. The Morgan fingerprint density at radius 3 is 1.24 bits per heavy atom. The number of hydrogen-bond donors (Lipinski definition) is 3. The van der Waals surface area contributed by atoms with Crippen LogP contribution in [0, 0.1) is 0 Å². The fraction of sp³-hybridized carbons (Fsp3) is 0.857. The molecule has 0 heterocycles. The van der Waals surface area contributed by atoms with Crippen LogP contribution in [0.4, 0.5) is 0 Å². The summed E-state index contributed by atoms with van der Waals surface area (Å²) in [5.41, 5.74) is 0. The normalized spacial score (nSPS) is 12.9. The maximum atomic E-state index is 12.4. The van der Waals surface area contributed by atoms with E-state index in [0.29, 0.717) is 25.9 Å². The Bertz CT molecular complexity index is 1010. The van der Waals surface area contributed by atoms with Gasteiger partial charge in [-0.25, -0.2) is 0 Å². The summed E-state index contributed by atoms with van der Waals surface area (Å²) in [4.78, 5) is 24.4. The van der Waals surface area contributed by atoms with Gasteiger partial charge in [0.05, 0.1) is 25.4 Å². The first-order valence-corrected chi connectivity index (χ1v) is 27.3. The van der Waals surface area contributed by atoms with E-state index in [-0.39, 0.29) is 18.5 Å². The number of carbonyl (C=O) groups is 2. The van der Waals surface area contributed by atoms with E-state index in [1.165, 1.54) is 180 Å². The molecule has 0 saturated heterocycles. The molecule has 6 heteroatoms. The number of aliphatic hydroxyl groups excluding tert-OH is 2. The van der Waals surface area contributed by atoms with Gasteiger partial charge in [0.25, 0.3) is 0 Å². The van der Waals surface area contributed by atoms with E-state index in [9.17, 15) is 19.8 Å². The highest BCUT2D eigenvalue weighted by Crippen LogP contribution is 2.16. The molecule has 0 aromatic carbocycles. The number of allylic oxidation sites excluding steroid dienone is 6. The highest BCUT2D eigenvalue weighted by molar-refractivity contribution is 5.76. The van der Waals surface area contributed by atoms with Gasteiger partial charge in [0, 0.05) is 12.8 Å². The van der Waals surface area contributed by atoms with Crippen molar-refractivity contribution >= 4 is 11.9 Å². The molecular weight excluding hydrogens is 767 g/mol. The largest absolute Gasteiger partial charge is 0.466 e. The molecule has 0 bridgehead atoms. The van der Waals surface area contributed by atoms with Gasteiger partial charge in [-0.1, -0.05) is 224 Å². The predicted octanol–water partition coefficient (Wildman–Crippen LogP) is 16.5. The van der Waals surface area contributed by atoms with Crippen molar-refractivity contribution in [1.29, 1.82) is 0 Å². The van der Waals surface area contributed by atoms with Gasteiger partial charge in [-0.15, -0.1) is 0 Å². The molecule has 0 aliphatic carbocycles. The Balaban J connectivity index is 3.47. The molecule has 6 nitrogen and oxygen atoms in total. The lowest BCUT2D eigenvalue weighted by Crippen LogP contribution is -2.45. The summed E-state index contributed by atoms with van der Waals surface area (Å²) >= 11 is 0. The van der Waals surface area contributed by atoms with Crippen LogP contribution >= 0.6 is 0 Å². The van der Waals surface area contributed by atoms with Gasteiger partial charge in [-0.05, 0) is 83.5 Å². The van der Waals surface area contributed by atoms with Crippen molar-refractivity contribution in [2.24, 2.45) is 0 Å². The average molecular weight is 872 g/mol. The first kappa shape index (κ1) is 60.1. The van der Waals surface area contributed by atoms with Crippen LogP contribution in [-0.2, 0) is 14.3 Å². The second kappa shape index (κ2) is 51.7. The van der Waals surface area contributed by atoms with E-state index in [1.807, 2.05) is 0 Å². The number of unbranched alkanes of at least 4 members (excludes halogenated alkanes) is 34. The molecular formula is C56H105NO5. The number of ether oxygens (including phenoxy) is 1. The molecule has 0 fully saturated rings. The smallest absolute Gasteiger partial charge is 0.305 e. The van der Waals surface area contributed by atoms with Crippen molar-refractivity contribution in [3.63, 3.8) is 0 Å². The number of aliphatic hydroxyl groups is 2. The lowest BCUT2D eigenvalue weighted by Gasteiger charge is -2.22. The van der Waals surface area contributed by atoms with Crippen molar-refractivity contribution in [3.8, 4) is 0 Å². The first-order valence-electron chi connectivity index (χ1n) is 27.3. The zero-order valence-electron chi connectivity index (χ0n) is 41.4. The summed E-state index contributed by atoms with van der Waals surface area (Å²) in [6, 6.07) is -0.548. The fourth-order valence-corrected chi connectivity index (χ4v) is 8.21. The van der Waals surface area contributed by atoms with E-state index >= 15 is 0 Å². The third-order valence-electron chi connectivity index (χ3n) is 12.4. The monoisotopic (exact) mass is 872 g/mol. The fourth-order valence-electron chi connectivity index (χ4n) is 8.21. The Labute approximate surface area is 385 Å². The number of rotatable bonds is 50. The Morgan fingerprint density at radius 2 is 0.806 bits per heavy atom. The van der Waals surface area contributed by atoms with Crippen LogP contribution in [0.3, 0.4) is 0 Å². The van der Waals surface area contributed by atoms with Gasteiger partial charge in [0.2, 0.25) is 5.91 Å². The maximum absolute atomic E-state index is 12.4. The van der Waals surface area contributed by atoms with Crippen LogP contribution in [-0.4, -0.2) is 47.4 Å². The lowest BCUT2D eigenvalue weighted by atomic mass is 10.0. The molecule has 0 saturated carbocycles. The molecule has 3 N–H and O–H groups in total. The van der Waals surface area contributed by atoms with E-state index in [2.05, 4.69) is 55.6 Å². The van der Waals surface area contributed by atoms with Crippen molar-refractivity contribution in [2.75, 3.05) is 13.2 Å². The maximum Gasteiger partial charge on any atom is 0.305 e. The molecule has 0 aliphatic rings. The van der Waals surface area contributed by atoms with Crippen molar-refractivity contribution in [2.45, 2.75) is 296 Å². The van der Waals surface area contributed by atoms with Crippen molar-refractivity contribution < 1.29 is 24.5 Å². The summed E-state index contributed by atoms with van der Waals surface area (Å²) < 4.78 is 5.45. The Hall–Kier alpha value is -1.92. The second-order valence-corrected chi connectivity index (χ2v) is 18.6. The summed E-state index contributed by atoms with van der Waals surface area (Å²) in [6.45, 7) is 4.89. The summed E-state index contributed by atoms with van der Waals surface area (Å²) in [5.74, 6) is -0.0685. The molecule has 0 radical (unpaired) electrons. The molecule has 1 amide bonds. The van der Waals surface area contributed by atoms with Gasteiger partial charge >= 0.3 is 5.97 Å². The van der Waals surface area contributed by atoms with Crippen molar-refractivity contribution in [3.05, 3.63) is 36.5 Å². The van der Waals surface area contributed by atoms with Crippen LogP contribution in [0.5, 0.6) is 0 Å². The van der Waals surface area contributed by atoms with E-state index in [4.69, 9.17) is 4.74 Å². The zero-order valence-corrected chi connectivity index (χ0v) is 41.4. The summed E-state index contributed by atoms with van der Waals surface area (Å²) in [7, 11) is 0. The second-order valence-electron chi connectivity index (χ2n) is 18.6. The van der Waals surface area contributed by atoms with Gasteiger partial charge < -0.3 is 20.3 Å². The quantitative estimate of drug-likeness (QED) is 0.0245. The number of nitrogens with one attached hydrogen (secondary N) is 1. The third-order valence-corrected chi connectivity index (χ3v) is 12.4. The number of hydrogen-bond acceptors (Lipinski definition) is 5. The average Bonchev–Trinajstić information content (AvgIpc) is 3.27. The molecule has 0 aromatic rings. The molecule has 2 atom stereocenters. The number of esters is 1. The minimum absolute atomic E-state index is 0.0212. The lowest BCUT2D eigenvalue weighted by molar-refractivity contribution is -0.143. The minimum Gasteiger partial charge on any atom is -0.466 e. The molecule has 0 spiro atoms. The van der Waals surface area contributed by atoms with Gasteiger partial charge in [-0.2, -0.15) is 0 Å². The van der Waals surface area contributed by atoms with Crippen LogP contribution in [0.2, 0.25) is 0 Å². The molecule has 0 aromatic heterocycles. The molecule has 0 rings (SSSR count). The molecule has 364 valence electrons. The topological polar surface area (TPSA) is 95.9 Å². The first-order chi connectivity index (χ1) is 30.5. The summed E-state index contributed by atoms with van der Waals surface area (Å²) in [5, 5.41) is 23.1. The highest BCUT2D eigenvalue weighted by atomic mass is 16.5. The van der Waals surface area contributed by atoms with Crippen LogP contribution in [0.25, 0.3) is 0 Å². The van der Waals surface area contributed by atoms with Gasteiger partial charge in [0.1, 0.15) is 0 Å². The van der Waals surface area contributed by atoms with E-state index in [1.54, 1.807) is 0 Å². The van der Waals surface area contributed by atoms with Gasteiger partial charge in [-0.3, -0.25) is 9.59 Å². The Kier molecular flexibility index (Phi) is 50.1. The van der Waals surface area contributed by atoms with E-state index < -0.39 is 12.1 Å². The van der Waals surface area contributed by atoms with Crippen LogP contribution in [0.15, 0.2) is 36.5 Å². The SMILES string of the molecule is CCCCCCCCC/C=C\CCCCCCCC(=O)OCCCCC/C=C\C=C/CCCCCCCCCCCCC(=O)NC(CO)C(O)CCCCCCCCCCCC. The molecule has 0 aliphatic heterocycles. The standard InChI is InChI=1S/C56H105NO5/c1-3-5-7-9-11-13-15-16-17-24-27-30-34-38-42-46-50-56(61)62-51-47-43-39-35-31-28-25-22-20-18-19-21-23-26-29-33-37-41-45-49-55(60)57-53(52-58)54(59)48-44-40-36-32-14-12-10-8-6-4-2/h17,22,24-25,28,31,53-54,58-59H,3-16,18-21,23,26-27,29-30,32-52H2,1-2H3,(H,57,60)/b24-17-,25-22-,31-28-. The Morgan fingerprint density at radius 1 is 0.452 bits per heavy atom. The van der Waals surface area contributed by atoms with Crippen molar-refractivity contribution in [1.82, 2.24) is 5.32 Å². The van der Waals surface area contributed by atoms with Crippen LogP contribution in [0.1, 0.15) is 284 Å². The number of amides is 1. The minimum atomic E-state index is -0.669. The van der Waals surface area contributed by atoms with Crippen LogP contribution < -0.4 is 5.32 Å². The molecule has 2 unspecified atom stereocenters. The highest BCUT2D eigenvalue weighted by Gasteiger charge is 2.20. The predicted molar refractivity (Wildman–Crippen MR) is 269 cm³/mol. The number of carbonyl (C=O) groups excluding carboxylic acids is 2. The zero-order chi connectivity index (χ0) is 45.1. The molecule has 62 heavy (non-hydrogen) atoms. The van der Waals surface area contributed by atoms with Gasteiger partial charge in [0.15, 0.2) is 0 Å². The van der Waals surface area contributed by atoms with E-state index in [0.717, 1.165) is 70.6 Å².